The molecule has 0 atom stereocenters. The molecule has 4 nitrogen and oxygen atoms in total. The Balaban J connectivity index is 2.23. The predicted molar refractivity (Wildman–Crippen MR) is 91.5 cm³/mol. The van der Waals surface area contributed by atoms with E-state index in [9.17, 15) is 4.79 Å². The molecule has 0 spiro atoms. The Morgan fingerprint density at radius 2 is 2.05 bits per heavy atom. The summed E-state index contributed by atoms with van der Waals surface area (Å²) in [7, 11) is 0. The zero-order valence-corrected chi connectivity index (χ0v) is 14.0. The van der Waals surface area contributed by atoms with Crippen LogP contribution in [0.1, 0.15) is 25.1 Å². The highest BCUT2D eigenvalue weighted by molar-refractivity contribution is 9.10. The van der Waals surface area contributed by atoms with Crippen molar-refractivity contribution in [2.45, 2.75) is 19.9 Å². The van der Waals surface area contributed by atoms with Crippen molar-refractivity contribution in [2.75, 3.05) is 11.4 Å². The van der Waals surface area contributed by atoms with Crippen LogP contribution in [0.5, 0.6) is 0 Å². The van der Waals surface area contributed by atoms with Crippen LogP contribution in [0.3, 0.4) is 0 Å². The van der Waals surface area contributed by atoms with E-state index in [0.29, 0.717) is 0 Å². The van der Waals surface area contributed by atoms with Crippen molar-refractivity contribution in [3.8, 4) is 0 Å². The van der Waals surface area contributed by atoms with Crippen molar-refractivity contribution in [3.05, 3.63) is 58.3 Å². The quantitative estimate of drug-likeness (QED) is 0.826. The molecule has 0 radical (unpaired) electrons. The van der Waals surface area contributed by atoms with Gasteiger partial charge in [-0.05, 0) is 44.2 Å². The summed E-state index contributed by atoms with van der Waals surface area (Å²) in [6, 6.07) is 11.7. The molecule has 0 aliphatic carbocycles. The molecule has 112 valence electrons. The largest absolute Gasteiger partial charge is 0.308 e. The number of hydrogen-bond acceptors (Lipinski definition) is 3. The number of benzene rings is 1. The normalized spacial score (nSPS) is 14.6. The fourth-order valence-corrected chi connectivity index (χ4v) is 3.00. The molecule has 1 aliphatic rings. The van der Waals surface area contributed by atoms with Crippen molar-refractivity contribution in [3.63, 3.8) is 0 Å². The summed E-state index contributed by atoms with van der Waals surface area (Å²) in [6.07, 6.45) is 1.74. The van der Waals surface area contributed by atoms with Crippen LogP contribution < -0.4 is 4.90 Å². The molecule has 0 saturated carbocycles. The van der Waals surface area contributed by atoms with Gasteiger partial charge in [-0.15, -0.1) is 0 Å². The van der Waals surface area contributed by atoms with E-state index >= 15 is 0 Å². The number of fused-ring (bicyclic) bond motifs is 1. The van der Waals surface area contributed by atoms with Gasteiger partial charge in [0.25, 0.3) is 0 Å². The maximum absolute atomic E-state index is 12.5. The summed E-state index contributed by atoms with van der Waals surface area (Å²) in [5.41, 5.74) is 3.34. The van der Waals surface area contributed by atoms with Crippen molar-refractivity contribution >= 4 is 33.2 Å². The number of pyridine rings is 1. The lowest BCUT2D eigenvalue weighted by atomic mass is 10.0. The maximum atomic E-state index is 12.5. The summed E-state index contributed by atoms with van der Waals surface area (Å²) in [5.74, 6) is 0.00417. The van der Waals surface area contributed by atoms with Crippen molar-refractivity contribution in [1.29, 1.82) is 0 Å². The first-order chi connectivity index (χ1) is 10.6. The SMILES string of the molecule is CC(C)N1C(=O)CN=C(c2ccccn2)c2cc(Br)ccc21. The van der Waals surface area contributed by atoms with Crippen LogP contribution in [-0.2, 0) is 4.79 Å². The molecule has 0 fully saturated rings. The van der Waals surface area contributed by atoms with Crippen LogP contribution in [0.2, 0.25) is 0 Å². The minimum Gasteiger partial charge on any atom is -0.308 e. The van der Waals surface area contributed by atoms with Crippen LogP contribution in [0.25, 0.3) is 0 Å². The minimum absolute atomic E-state index is 0.00417. The lowest BCUT2D eigenvalue weighted by Crippen LogP contribution is -2.38. The summed E-state index contributed by atoms with van der Waals surface area (Å²) in [5, 5.41) is 0. The zero-order chi connectivity index (χ0) is 15.7. The van der Waals surface area contributed by atoms with Gasteiger partial charge >= 0.3 is 0 Å². The fraction of sp³-hybridized carbons (Fsp3) is 0.235. The van der Waals surface area contributed by atoms with Gasteiger partial charge in [0.15, 0.2) is 0 Å². The van der Waals surface area contributed by atoms with Crippen molar-refractivity contribution in [2.24, 2.45) is 4.99 Å². The lowest BCUT2D eigenvalue weighted by Gasteiger charge is -2.27. The van der Waals surface area contributed by atoms with E-state index in [-0.39, 0.29) is 18.5 Å². The van der Waals surface area contributed by atoms with Gasteiger partial charge in [-0.25, -0.2) is 0 Å². The number of aromatic nitrogens is 1. The Hall–Kier alpha value is -2.01. The molecule has 1 aromatic carbocycles. The number of rotatable bonds is 2. The van der Waals surface area contributed by atoms with Gasteiger partial charge in [0.2, 0.25) is 5.91 Å². The van der Waals surface area contributed by atoms with Crippen LogP contribution in [0.4, 0.5) is 5.69 Å². The molecular weight excluding hydrogens is 342 g/mol. The monoisotopic (exact) mass is 357 g/mol. The summed E-state index contributed by atoms with van der Waals surface area (Å²) >= 11 is 3.51. The summed E-state index contributed by atoms with van der Waals surface area (Å²) in [6.45, 7) is 4.15. The average molecular weight is 358 g/mol. The Bertz CT molecular complexity index is 741. The number of anilines is 1. The molecule has 2 aromatic rings. The molecule has 0 N–H and O–H groups in total. The molecule has 1 aromatic heterocycles. The number of benzodiazepines with no additional fused rings is 1. The van der Waals surface area contributed by atoms with E-state index in [1.807, 2.05) is 50.2 Å². The second kappa shape index (κ2) is 6.01. The second-order valence-electron chi connectivity index (χ2n) is 5.40. The third-order valence-corrected chi connectivity index (χ3v) is 4.03. The highest BCUT2D eigenvalue weighted by atomic mass is 79.9. The Kier molecular flexibility index (Phi) is 4.07. The molecule has 0 unspecified atom stereocenters. The van der Waals surface area contributed by atoms with Gasteiger partial charge in [-0.2, -0.15) is 0 Å². The zero-order valence-electron chi connectivity index (χ0n) is 12.5. The van der Waals surface area contributed by atoms with Gasteiger partial charge in [0.1, 0.15) is 6.54 Å². The lowest BCUT2D eigenvalue weighted by molar-refractivity contribution is -0.117. The first-order valence-corrected chi connectivity index (χ1v) is 7.95. The molecule has 5 heteroatoms. The Labute approximate surface area is 138 Å². The molecular formula is C17H16BrN3O. The molecule has 2 heterocycles. The third kappa shape index (κ3) is 2.68. The Morgan fingerprint density at radius 1 is 1.23 bits per heavy atom. The molecule has 1 amide bonds. The number of hydrogen-bond donors (Lipinski definition) is 0. The molecule has 0 saturated heterocycles. The van der Waals surface area contributed by atoms with Crippen LogP contribution in [0.15, 0.2) is 52.1 Å². The number of carbonyl (C=O) groups is 1. The van der Waals surface area contributed by atoms with Gasteiger partial charge in [0, 0.05) is 22.3 Å². The van der Waals surface area contributed by atoms with E-state index in [2.05, 4.69) is 25.9 Å². The summed E-state index contributed by atoms with van der Waals surface area (Å²) in [4.78, 5) is 23.2. The van der Waals surface area contributed by atoms with Crippen LogP contribution in [-0.4, -0.2) is 29.2 Å². The number of carbonyl (C=O) groups excluding carboxylic acids is 1. The molecule has 22 heavy (non-hydrogen) atoms. The topological polar surface area (TPSA) is 45.6 Å². The number of halogens is 1. The third-order valence-electron chi connectivity index (χ3n) is 3.54. The van der Waals surface area contributed by atoms with E-state index in [1.165, 1.54) is 0 Å². The van der Waals surface area contributed by atoms with Crippen LogP contribution >= 0.6 is 15.9 Å². The van der Waals surface area contributed by atoms with Gasteiger partial charge in [-0.1, -0.05) is 22.0 Å². The molecule has 3 rings (SSSR count). The summed E-state index contributed by atoms with van der Waals surface area (Å²) < 4.78 is 0.952. The molecule has 0 bridgehead atoms. The van der Waals surface area contributed by atoms with Crippen molar-refractivity contribution < 1.29 is 4.79 Å². The second-order valence-corrected chi connectivity index (χ2v) is 6.31. The minimum atomic E-state index is 0.00417. The first-order valence-electron chi connectivity index (χ1n) is 7.16. The standard InChI is InChI=1S/C17H16BrN3O/c1-11(2)21-15-7-6-12(18)9-13(15)17(20-10-16(21)22)14-5-3-4-8-19-14/h3-9,11H,10H2,1-2H3. The Morgan fingerprint density at radius 3 is 2.73 bits per heavy atom. The first kappa shape index (κ1) is 14.9. The predicted octanol–water partition coefficient (Wildman–Crippen LogP) is 3.44. The number of nitrogens with zero attached hydrogens (tertiary/aromatic N) is 3. The van der Waals surface area contributed by atoms with Crippen LogP contribution in [0, 0.1) is 0 Å². The maximum Gasteiger partial charge on any atom is 0.248 e. The highest BCUT2D eigenvalue weighted by Gasteiger charge is 2.27. The van der Waals surface area contributed by atoms with Gasteiger partial charge in [0.05, 0.1) is 17.1 Å². The van der Waals surface area contributed by atoms with Crippen molar-refractivity contribution in [1.82, 2.24) is 4.98 Å². The smallest absolute Gasteiger partial charge is 0.248 e. The van der Waals surface area contributed by atoms with Gasteiger partial charge in [-0.3, -0.25) is 14.8 Å². The van der Waals surface area contributed by atoms with Gasteiger partial charge < -0.3 is 4.90 Å². The average Bonchev–Trinajstić information content (AvgIpc) is 2.64. The van der Waals surface area contributed by atoms with E-state index in [4.69, 9.17) is 0 Å². The fourth-order valence-electron chi connectivity index (χ4n) is 2.64. The highest BCUT2D eigenvalue weighted by Crippen LogP contribution is 2.30. The number of amides is 1. The molecule has 1 aliphatic heterocycles. The van der Waals surface area contributed by atoms with E-state index in [0.717, 1.165) is 27.1 Å². The van der Waals surface area contributed by atoms with E-state index < -0.39 is 0 Å². The number of aliphatic imine (C=N–C) groups is 1. The van der Waals surface area contributed by atoms with E-state index in [1.54, 1.807) is 11.1 Å².